The fourth-order valence-corrected chi connectivity index (χ4v) is 2.77. The summed E-state index contributed by atoms with van der Waals surface area (Å²) in [6, 6.07) is -0.357. The Balaban J connectivity index is 2.14. The molecule has 2 aliphatic rings. The Morgan fingerprint density at radius 2 is 2.19 bits per heavy atom. The first-order chi connectivity index (χ1) is 7.75. The van der Waals surface area contributed by atoms with Crippen LogP contribution in [0.4, 0.5) is 5.69 Å². The van der Waals surface area contributed by atoms with Crippen LogP contribution in [0.3, 0.4) is 0 Å². The van der Waals surface area contributed by atoms with Gasteiger partial charge >= 0.3 is 0 Å². The second kappa shape index (κ2) is 3.42. The van der Waals surface area contributed by atoms with Crippen LogP contribution in [0.25, 0.3) is 0 Å². The first-order valence-electron chi connectivity index (χ1n) is 5.03. The molecule has 2 heterocycles. The molecular formula is C12H9NO2S. The van der Waals surface area contributed by atoms with Gasteiger partial charge in [0, 0.05) is 17.2 Å². The minimum atomic E-state index is -0.357. The molecule has 16 heavy (non-hydrogen) atoms. The normalized spacial score (nSPS) is 23.0. The second-order valence-electron chi connectivity index (χ2n) is 3.86. The summed E-state index contributed by atoms with van der Waals surface area (Å²) in [6.45, 7) is 0. The molecule has 80 valence electrons. The van der Waals surface area contributed by atoms with Gasteiger partial charge in [-0.2, -0.15) is 0 Å². The molecule has 1 atom stereocenters. The molecule has 0 bridgehead atoms. The average molecular weight is 231 g/mol. The lowest BCUT2D eigenvalue weighted by atomic mass is 9.94. The first kappa shape index (κ1) is 9.54. The van der Waals surface area contributed by atoms with Crippen molar-refractivity contribution >= 4 is 28.6 Å². The van der Waals surface area contributed by atoms with Crippen LogP contribution in [0.2, 0.25) is 0 Å². The summed E-state index contributed by atoms with van der Waals surface area (Å²) >= 11 is 1.47. The number of nitrogens with one attached hydrogen (secondary N) is 1. The highest BCUT2D eigenvalue weighted by Gasteiger charge is 2.28. The number of carbonyl (C=O) groups excluding carboxylic acids is 2. The summed E-state index contributed by atoms with van der Waals surface area (Å²) in [5.41, 5.74) is 2.20. The number of thiophene rings is 1. The molecule has 3 nitrogen and oxygen atoms in total. The van der Waals surface area contributed by atoms with Crippen molar-refractivity contribution in [3.05, 3.63) is 40.1 Å². The maximum Gasteiger partial charge on any atom is 0.189 e. The van der Waals surface area contributed by atoms with E-state index >= 15 is 0 Å². The summed E-state index contributed by atoms with van der Waals surface area (Å²) in [7, 11) is 0. The smallest absolute Gasteiger partial charge is 0.189 e. The Labute approximate surface area is 96.5 Å². The number of Topliss-reactive ketones (excluding diaryl/α,β-unsaturated/α-hetero) is 1. The fourth-order valence-electron chi connectivity index (χ4n) is 1.99. The predicted octanol–water partition coefficient (Wildman–Crippen LogP) is 2.18. The monoisotopic (exact) mass is 231 g/mol. The Kier molecular flexibility index (Phi) is 2.04. The van der Waals surface area contributed by atoms with Crippen molar-refractivity contribution < 1.29 is 9.59 Å². The van der Waals surface area contributed by atoms with Gasteiger partial charge in [0.05, 0.1) is 11.3 Å². The van der Waals surface area contributed by atoms with E-state index in [0.717, 1.165) is 11.3 Å². The molecule has 1 aliphatic carbocycles. The number of ketones is 2. The van der Waals surface area contributed by atoms with Crippen LogP contribution < -0.4 is 5.32 Å². The summed E-state index contributed by atoms with van der Waals surface area (Å²) in [5.74, 6) is 0.0844. The highest BCUT2D eigenvalue weighted by Crippen LogP contribution is 2.29. The van der Waals surface area contributed by atoms with E-state index < -0.39 is 0 Å². The lowest BCUT2D eigenvalue weighted by molar-refractivity contribution is -0.118. The molecule has 0 amide bonds. The number of carbonyl (C=O) groups is 2. The molecular weight excluding hydrogens is 222 g/mol. The molecule has 0 spiro atoms. The molecule has 0 saturated carbocycles. The Morgan fingerprint density at radius 3 is 3.06 bits per heavy atom. The van der Waals surface area contributed by atoms with Crippen LogP contribution in [0, 0.1) is 0 Å². The second-order valence-corrected chi connectivity index (χ2v) is 4.60. The van der Waals surface area contributed by atoms with Crippen molar-refractivity contribution in [2.24, 2.45) is 0 Å². The molecule has 0 aromatic carbocycles. The molecule has 1 unspecified atom stereocenters. The van der Waals surface area contributed by atoms with Crippen LogP contribution in [-0.2, 0) is 4.79 Å². The largest absolute Gasteiger partial charge is 0.370 e. The number of hydrogen-bond acceptors (Lipinski definition) is 4. The highest BCUT2D eigenvalue weighted by atomic mass is 32.1. The molecule has 1 aliphatic heterocycles. The van der Waals surface area contributed by atoms with Crippen LogP contribution in [0.5, 0.6) is 0 Å². The van der Waals surface area contributed by atoms with Crippen LogP contribution in [0.1, 0.15) is 16.8 Å². The summed E-state index contributed by atoms with van der Waals surface area (Å²) in [6.07, 6.45) is 5.65. The number of hydrogen-bond donors (Lipinski definition) is 1. The van der Waals surface area contributed by atoms with E-state index in [-0.39, 0.29) is 17.6 Å². The minimum absolute atomic E-state index is 0.0272. The van der Waals surface area contributed by atoms with Crippen LogP contribution in [-0.4, -0.2) is 17.6 Å². The number of fused-ring (bicyclic) bond motifs is 2. The Bertz CT molecular complexity index is 539. The third-order valence-corrected chi connectivity index (χ3v) is 3.55. The fraction of sp³-hybridized carbons (Fsp3) is 0.167. The van der Waals surface area contributed by atoms with Crippen molar-refractivity contribution in [3.63, 3.8) is 0 Å². The van der Waals surface area contributed by atoms with E-state index in [9.17, 15) is 9.59 Å². The molecule has 0 saturated heterocycles. The van der Waals surface area contributed by atoms with Gasteiger partial charge in [-0.1, -0.05) is 12.2 Å². The number of anilines is 1. The lowest BCUT2D eigenvalue weighted by Crippen LogP contribution is -2.32. The lowest BCUT2D eigenvalue weighted by Gasteiger charge is -2.20. The van der Waals surface area contributed by atoms with Gasteiger partial charge in [0.2, 0.25) is 0 Å². The average Bonchev–Trinajstić information content (AvgIpc) is 2.66. The van der Waals surface area contributed by atoms with E-state index in [1.807, 2.05) is 16.8 Å². The summed E-state index contributed by atoms with van der Waals surface area (Å²) in [5, 5.41) is 6.83. The summed E-state index contributed by atoms with van der Waals surface area (Å²) in [4.78, 5) is 23.6. The minimum Gasteiger partial charge on any atom is -0.370 e. The Morgan fingerprint density at radius 1 is 1.31 bits per heavy atom. The van der Waals surface area contributed by atoms with Crippen molar-refractivity contribution in [1.29, 1.82) is 0 Å². The zero-order valence-electron chi connectivity index (χ0n) is 8.40. The maximum atomic E-state index is 11.9. The van der Waals surface area contributed by atoms with Crippen molar-refractivity contribution in [3.8, 4) is 0 Å². The third-order valence-electron chi connectivity index (χ3n) is 2.81. The van der Waals surface area contributed by atoms with Gasteiger partial charge in [-0.3, -0.25) is 9.59 Å². The molecule has 3 rings (SSSR count). The SMILES string of the molecule is O=C1C=C2C=CCC(=O)C2Nc2cscc21. The van der Waals surface area contributed by atoms with E-state index in [4.69, 9.17) is 0 Å². The van der Waals surface area contributed by atoms with Crippen molar-refractivity contribution in [2.75, 3.05) is 5.32 Å². The van der Waals surface area contributed by atoms with E-state index in [2.05, 4.69) is 5.32 Å². The standard InChI is InChI=1S/C12H9NO2S/c14-10-3-1-2-7-4-11(15)8-5-16-6-9(8)13-12(7)10/h1-2,4-6,12-13H,3H2. The van der Waals surface area contributed by atoms with Gasteiger partial charge < -0.3 is 5.32 Å². The quantitative estimate of drug-likeness (QED) is 0.744. The molecule has 1 aromatic heterocycles. The topological polar surface area (TPSA) is 46.2 Å². The Hall–Kier alpha value is -1.68. The van der Waals surface area contributed by atoms with E-state index in [1.165, 1.54) is 11.3 Å². The van der Waals surface area contributed by atoms with Gasteiger partial charge in [0.1, 0.15) is 6.04 Å². The molecule has 0 fully saturated rings. The summed E-state index contributed by atoms with van der Waals surface area (Å²) < 4.78 is 0. The number of allylic oxidation sites excluding steroid dienone is 2. The van der Waals surface area contributed by atoms with Gasteiger partial charge in [0.15, 0.2) is 11.6 Å². The zero-order chi connectivity index (χ0) is 11.1. The van der Waals surface area contributed by atoms with Crippen molar-refractivity contribution in [1.82, 2.24) is 0 Å². The molecule has 0 radical (unpaired) electrons. The van der Waals surface area contributed by atoms with E-state index in [0.29, 0.717) is 12.0 Å². The van der Waals surface area contributed by atoms with Gasteiger partial charge in [-0.05, 0) is 11.6 Å². The number of rotatable bonds is 0. The van der Waals surface area contributed by atoms with Gasteiger partial charge in [-0.25, -0.2) is 0 Å². The molecule has 1 N–H and O–H groups in total. The predicted molar refractivity (Wildman–Crippen MR) is 62.9 cm³/mol. The van der Waals surface area contributed by atoms with Crippen LogP contribution in [0.15, 0.2) is 34.6 Å². The van der Waals surface area contributed by atoms with Gasteiger partial charge in [0.25, 0.3) is 0 Å². The van der Waals surface area contributed by atoms with Crippen LogP contribution >= 0.6 is 11.3 Å². The maximum absolute atomic E-state index is 11.9. The van der Waals surface area contributed by atoms with Crippen molar-refractivity contribution in [2.45, 2.75) is 12.5 Å². The molecule has 4 heteroatoms. The third kappa shape index (κ3) is 1.34. The first-order valence-corrected chi connectivity index (χ1v) is 5.98. The zero-order valence-corrected chi connectivity index (χ0v) is 9.21. The van der Waals surface area contributed by atoms with Gasteiger partial charge in [-0.15, -0.1) is 11.3 Å². The molecule has 1 aromatic rings. The highest BCUT2D eigenvalue weighted by molar-refractivity contribution is 7.08. The van der Waals surface area contributed by atoms with E-state index in [1.54, 1.807) is 12.2 Å².